The molecule has 0 saturated carbocycles. The fraction of sp³-hybridized carbons (Fsp3) is 0.360. The van der Waals surface area contributed by atoms with E-state index in [1.807, 2.05) is 55.5 Å². The molecule has 1 aromatic heterocycles. The molecule has 3 aromatic rings. The molecule has 1 unspecified atom stereocenters. The Balaban J connectivity index is 1.50. The highest BCUT2D eigenvalue weighted by Gasteiger charge is 2.19. The van der Waals surface area contributed by atoms with Gasteiger partial charge in [-0.2, -0.15) is 0 Å². The molecule has 0 spiro atoms. The number of nitrogens with zero attached hydrogens (tertiary/aromatic N) is 2. The molecule has 0 bridgehead atoms. The van der Waals surface area contributed by atoms with Gasteiger partial charge in [-0.3, -0.25) is 0 Å². The summed E-state index contributed by atoms with van der Waals surface area (Å²) in [6, 6.07) is 15.8. The Hall–Kier alpha value is -2.74. The Kier molecular flexibility index (Phi) is 8.39. The topological polar surface area (TPSA) is 76.5 Å². The van der Waals surface area contributed by atoms with Gasteiger partial charge >= 0.3 is 0 Å². The van der Waals surface area contributed by atoms with Crippen molar-refractivity contribution in [3.05, 3.63) is 69.7 Å². The number of aromatic nitrogens is 2. The molecule has 6 nitrogen and oxygen atoms in total. The maximum atomic E-state index is 10.5. The second-order valence-corrected chi connectivity index (χ2v) is 9.50. The van der Waals surface area contributed by atoms with Crippen molar-refractivity contribution in [2.45, 2.75) is 38.8 Å². The molecule has 0 aliphatic heterocycles. The Labute approximate surface area is 193 Å². The molecule has 2 N–H and O–H groups in total. The normalized spacial score (nSPS) is 12.8. The molecule has 0 aliphatic carbocycles. The van der Waals surface area contributed by atoms with Gasteiger partial charge in [0.15, 0.2) is 0 Å². The number of nitrogens with one attached hydrogen (secondary N) is 1. The molecule has 0 amide bonds. The standard InChI is InChI=1S/C25H31N3O3S/c1-18-27-28-24(32-18)14-11-20-7-5-6-8-23(20)31-17-21(29)16-26-25(2,3)15-19-9-12-22(30-4)13-10-19/h5-14,21,26,29H,15-17H2,1-4H3. The SMILES string of the molecule is COc1ccc(CC(C)(C)NCC(O)COc2ccccc2C=Cc2nnc(C)s2)cc1. The minimum atomic E-state index is -0.631. The van der Waals surface area contributed by atoms with Crippen molar-refractivity contribution in [2.24, 2.45) is 0 Å². The van der Waals surface area contributed by atoms with Gasteiger partial charge in [0.1, 0.15) is 34.2 Å². The molecule has 32 heavy (non-hydrogen) atoms. The van der Waals surface area contributed by atoms with Crippen LogP contribution in [0.2, 0.25) is 0 Å². The van der Waals surface area contributed by atoms with Crippen LogP contribution in [0.5, 0.6) is 11.5 Å². The van der Waals surface area contributed by atoms with Crippen LogP contribution in [0.3, 0.4) is 0 Å². The number of ether oxygens (including phenoxy) is 2. The lowest BCUT2D eigenvalue weighted by molar-refractivity contribution is 0.0987. The minimum absolute atomic E-state index is 0.171. The number of hydrogen-bond acceptors (Lipinski definition) is 7. The van der Waals surface area contributed by atoms with E-state index in [9.17, 15) is 5.11 Å². The van der Waals surface area contributed by atoms with Crippen LogP contribution in [-0.2, 0) is 6.42 Å². The molecule has 3 rings (SSSR count). The fourth-order valence-electron chi connectivity index (χ4n) is 3.25. The number of methoxy groups -OCH3 is 1. The van der Waals surface area contributed by atoms with Gasteiger partial charge in [0.2, 0.25) is 0 Å². The number of aliphatic hydroxyl groups is 1. The molecule has 7 heteroatoms. The lowest BCUT2D eigenvalue weighted by Gasteiger charge is -2.28. The zero-order valence-electron chi connectivity index (χ0n) is 19.0. The lowest BCUT2D eigenvalue weighted by Crippen LogP contribution is -2.46. The van der Waals surface area contributed by atoms with Crippen molar-refractivity contribution in [3.8, 4) is 11.5 Å². The monoisotopic (exact) mass is 453 g/mol. The van der Waals surface area contributed by atoms with E-state index < -0.39 is 6.10 Å². The summed E-state index contributed by atoms with van der Waals surface area (Å²) in [5, 5.41) is 23.8. The summed E-state index contributed by atoms with van der Waals surface area (Å²) < 4.78 is 11.1. The molecule has 0 saturated heterocycles. The van der Waals surface area contributed by atoms with Gasteiger partial charge in [0.25, 0.3) is 0 Å². The number of β-amino-alcohol motifs (C(OH)–C–C–N with tert-alkyl or cyclic N) is 1. The molecule has 1 heterocycles. The average molecular weight is 454 g/mol. The predicted molar refractivity (Wildman–Crippen MR) is 130 cm³/mol. The molecule has 0 fully saturated rings. The van der Waals surface area contributed by atoms with Crippen LogP contribution in [0.1, 0.15) is 35.0 Å². The third-order valence-electron chi connectivity index (χ3n) is 4.92. The van der Waals surface area contributed by atoms with E-state index in [1.165, 1.54) is 16.9 Å². The van der Waals surface area contributed by atoms with E-state index in [2.05, 4.69) is 41.5 Å². The summed E-state index contributed by atoms with van der Waals surface area (Å²) in [5.41, 5.74) is 1.97. The number of aryl methyl sites for hydroxylation is 1. The number of hydrogen-bond donors (Lipinski definition) is 2. The fourth-order valence-corrected chi connectivity index (χ4v) is 3.85. The molecule has 170 valence electrons. The van der Waals surface area contributed by atoms with Crippen LogP contribution >= 0.6 is 11.3 Å². The summed E-state index contributed by atoms with van der Waals surface area (Å²) in [4.78, 5) is 0. The van der Waals surface area contributed by atoms with E-state index in [0.717, 1.165) is 33.5 Å². The quantitative estimate of drug-likeness (QED) is 0.449. The van der Waals surface area contributed by atoms with E-state index in [0.29, 0.717) is 6.54 Å². The summed E-state index contributed by atoms with van der Waals surface area (Å²) >= 11 is 1.54. The van der Waals surface area contributed by atoms with Crippen molar-refractivity contribution in [1.82, 2.24) is 15.5 Å². The maximum Gasteiger partial charge on any atom is 0.140 e. The van der Waals surface area contributed by atoms with E-state index in [1.54, 1.807) is 7.11 Å². The van der Waals surface area contributed by atoms with Crippen molar-refractivity contribution in [1.29, 1.82) is 0 Å². The Morgan fingerprint density at radius 1 is 1.09 bits per heavy atom. The second-order valence-electron chi connectivity index (χ2n) is 8.28. The highest BCUT2D eigenvalue weighted by atomic mass is 32.1. The smallest absolute Gasteiger partial charge is 0.140 e. The first-order valence-corrected chi connectivity index (χ1v) is 11.4. The van der Waals surface area contributed by atoms with Crippen LogP contribution in [0.15, 0.2) is 48.5 Å². The van der Waals surface area contributed by atoms with Crippen molar-refractivity contribution < 1.29 is 14.6 Å². The number of aliphatic hydroxyl groups excluding tert-OH is 1. The predicted octanol–water partition coefficient (Wildman–Crippen LogP) is 4.38. The van der Waals surface area contributed by atoms with Crippen LogP contribution in [0.25, 0.3) is 12.2 Å². The van der Waals surface area contributed by atoms with Crippen molar-refractivity contribution in [3.63, 3.8) is 0 Å². The number of para-hydroxylation sites is 1. The summed E-state index contributed by atoms with van der Waals surface area (Å²) in [7, 11) is 1.66. The van der Waals surface area contributed by atoms with Gasteiger partial charge in [-0.25, -0.2) is 0 Å². The van der Waals surface area contributed by atoms with Crippen LogP contribution in [0.4, 0.5) is 0 Å². The van der Waals surface area contributed by atoms with Crippen LogP contribution in [-0.4, -0.2) is 47.2 Å². The largest absolute Gasteiger partial charge is 0.497 e. The van der Waals surface area contributed by atoms with E-state index in [-0.39, 0.29) is 12.1 Å². The maximum absolute atomic E-state index is 10.5. The van der Waals surface area contributed by atoms with Gasteiger partial charge < -0.3 is 19.9 Å². The number of benzene rings is 2. The first kappa shape index (κ1) is 23.9. The second kappa shape index (κ2) is 11.2. The van der Waals surface area contributed by atoms with Crippen LogP contribution < -0.4 is 14.8 Å². The lowest BCUT2D eigenvalue weighted by atomic mass is 9.94. The van der Waals surface area contributed by atoms with E-state index >= 15 is 0 Å². The molecule has 0 aliphatic rings. The Bertz CT molecular complexity index is 1020. The zero-order chi connectivity index (χ0) is 23.0. The van der Waals surface area contributed by atoms with Gasteiger partial charge in [-0.1, -0.05) is 41.7 Å². The Morgan fingerprint density at radius 3 is 2.53 bits per heavy atom. The summed E-state index contributed by atoms with van der Waals surface area (Å²) in [5.74, 6) is 1.57. The first-order chi connectivity index (χ1) is 15.3. The van der Waals surface area contributed by atoms with Gasteiger partial charge in [-0.15, -0.1) is 10.2 Å². The third kappa shape index (κ3) is 7.44. The molecular weight excluding hydrogens is 422 g/mol. The summed E-state index contributed by atoms with van der Waals surface area (Å²) in [6.07, 6.45) is 4.08. The minimum Gasteiger partial charge on any atom is -0.497 e. The highest BCUT2D eigenvalue weighted by Crippen LogP contribution is 2.22. The summed E-state index contributed by atoms with van der Waals surface area (Å²) in [6.45, 7) is 6.82. The zero-order valence-corrected chi connectivity index (χ0v) is 19.9. The van der Waals surface area contributed by atoms with E-state index in [4.69, 9.17) is 9.47 Å². The van der Waals surface area contributed by atoms with Crippen molar-refractivity contribution in [2.75, 3.05) is 20.3 Å². The first-order valence-electron chi connectivity index (χ1n) is 10.6. The molecule has 1 atom stereocenters. The van der Waals surface area contributed by atoms with Crippen LogP contribution in [0, 0.1) is 6.92 Å². The highest BCUT2D eigenvalue weighted by molar-refractivity contribution is 7.12. The van der Waals surface area contributed by atoms with Gasteiger partial charge in [-0.05, 0) is 63.1 Å². The Morgan fingerprint density at radius 2 is 1.84 bits per heavy atom. The molecular formula is C25H31N3O3S. The van der Waals surface area contributed by atoms with Gasteiger partial charge in [0.05, 0.1) is 7.11 Å². The molecule has 0 radical (unpaired) electrons. The number of rotatable bonds is 11. The van der Waals surface area contributed by atoms with Crippen molar-refractivity contribution >= 4 is 23.5 Å². The average Bonchev–Trinajstić information content (AvgIpc) is 3.21. The van der Waals surface area contributed by atoms with Gasteiger partial charge in [0, 0.05) is 17.6 Å². The molecule has 2 aromatic carbocycles. The third-order valence-corrected chi connectivity index (χ3v) is 5.72.